The van der Waals surface area contributed by atoms with Crippen molar-refractivity contribution in [1.29, 1.82) is 0 Å². The van der Waals surface area contributed by atoms with Crippen LogP contribution in [0, 0.1) is 5.82 Å². The van der Waals surface area contributed by atoms with Gasteiger partial charge in [-0.15, -0.1) is 0 Å². The second-order valence-corrected chi connectivity index (χ2v) is 5.76. The quantitative estimate of drug-likeness (QED) is 0.848. The number of carbonyl (C=O) groups is 2. The van der Waals surface area contributed by atoms with Crippen molar-refractivity contribution < 1.29 is 19.1 Å². The Balaban J connectivity index is 2.02. The Hall–Kier alpha value is -2.76. The van der Waals surface area contributed by atoms with E-state index in [-0.39, 0.29) is 36.2 Å². The molecule has 5 nitrogen and oxygen atoms in total. The normalized spacial score (nSPS) is 10.7. The average Bonchev–Trinajstić information content (AvgIpc) is 2.54. The van der Waals surface area contributed by atoms with Crippen LogP contribution in [0.15, 0.2) is 36.5 Å². The number of aromatic carboxylic acids is 1. The number of rotatable bonds is 6. The molecular formula is C18H19FN2O3. The van der Waals surface area contributed by atoms with E-state index in [0.29, 0.717) is 16.8 Å². The number of nitrogens with zero attached hydrogens (tertiary/aromatic N) is 1. The highest BCUT2D eigenvalue weighted by Gasteiger charge is 2.13. The van der Waals surface area contributed by atoms with Gasteiger partial charge in [0.15, 0.2) is 5.69 Å². The van der Waals surface area contributed by atoms with E-state index in [1.165, 1.54) is 18.3 Å². The molecule has 0 saturated heterocycles. The monoisotopic (exact) mass is 330 g/mol. The van der Waals surface area contributed by atoms with Crippen molar-refractivity contribution in [3.63, 3.8) is 0 Å². The predicted octanol–water partition coefficient (Wildman–Crippen LogP) is 3.61. The maximum atomic E-state index is 13.7. The Morgan fingerprint density at radius 3 is 2.71 bits per heavy atom. The van der Waals surface area contributed by atoms with Gasteiger partial charge < -0.3 is 10.4 Å². The van der Waals surface area contributed by atoms with E-state index in [1.807, 2.05) is 13.8 Å². The zero-order valence-corrected chi connectivity index (χ0v) is 13.5. The van der Waals surface area contributed by atoms with Crippen LogP contribution in [-0.4, -0.2) is 22.0 Å². The topological polar surface area (TPSA) is 79.3 Å². The number of carbonyl (C=O) groups excluding carboxylic acids is 1. The lowest BCUT2D eigenvalue weighted by atomic mass is 10.0. The van der Waals surface area contributed by atoms with Crippen molar-refractivity contribution in [2.45, 2.75) is 32.6 Å². The first-order valence-electron chi connectivity index (χ1n) is 7.65. The number of benzene rings is 1. The van der Waals surface area contributed by atoms with Crippen LogP contribution < -0.4 is 5.32 Å². The molecular weight excluding hydrogens is 311 g/mol. The number of halogens is 1. The summed E-state index contributed by atoms with van der Waals surface area (Å²) in [6.07, 6.45) is 1.78. The fourth-order valence-corrected chi connectivity index (χ4v) is 2.37. The van der Waals surface area contributed by atoms with E-state index in [0.717, 1.165) is 0 Å². The summed E-state index contributed by atoms with van der Waals surface area (Å²) in [6.45, 7) is 3.75. The standard InChI is InChI=1S/C18H19FN2O3/c1-11(2)14-10-13(6-7-15(14)19)21-16(22)8-5-12-4-3-9-20-17(12)18(23)24/h3-4,6-7,9-11H,5,8H2,1-2H3,(H,21,22)(H,23,24). The Morgan fingerprint density at radius 1 is 1.29 bits per heavy atom. The summed E-state index contributed by atoms with van der Waals surface area (Å²) in [7, 11) is 0. The van der Waals surface area contributed by atoms with Crippen LogP contribution in [0.1, 0.15) is 47.8 Å². The summed E-state index contributed by atoms with van der Waals surface area (Å²) < 4.78 is 13.7. The van der Waals surface area contributed by atoms with Crippen molar-refractivity contribution in [2.24, 2.45) is 0 Å². The molecule has 0 aliphatic carbocycles. The largest absolute Gasteiger partial charge is 0.477 e. The summed E-state index contributed by atoms with van der Waals surface area (Å²) in [5.74, 6) is -1.68. The van der Waals surface area contributed by atoms with Gasteiger partial charge in [0, 0.05) is 18.3 Å². The van der Waals surface area contributed by atoms with Gasteiger partial charge in [-0.05, 0) is 47.7 Å². The van der Waals surface area contributed by atoms with E-state index in [9.17, 15) is 14.0 Å². The van der Waals surface area contributed by atoms with Crippen LogP contribution in [-0.2, 0) is 11.2 Å². The van der Waals surface area contributed by atoms with Gasteiger partial charge in [0.25, 0.3) is 0 Å². The van der Waals surface area contributed by atoms with Crippen molar-refractivity contribution in [2.75, 3.05) is 5.32 Å². The molecule has 0 radical (unpaired) electrons. The van der Waals surface area contributed by atoms with Crippen molar-refractivity contribution in [3.05, 3.63) is 59.2 Å². The third-order valence-electron chi connectivity index (χ3n) is 3.62. The Labute approximate surface area is 139 Å². The molecule has 0 saturated carbocycles. The second kappa shape index (κ2) is 7.68. The van der Waals surface area contributed by atoms with Crippen molar-refractivity contribution >= 4 is 17.6 Å². The smallest absolute Gasteiger partial charge is 0.354 e. The maximum Gasteiger partial charge on any atom is 0.354 e. The van der Waals surface area contributed by atoms with Gasteiger partial charge in [-0.2, -0.15) is 0 Å². The van der Waals surface area contributed by atoms with E-state index in [4.69, 9.17) is 5.11 Å². The number of amides is 1. The minimum absolute atomic E-state index is 0.00960. The lowest BCUT2D eigenvalue weighted by molar-refractivity contribution is -0.116. The SMILES string of the molecule is CC(C)c1cc(NC(=O)CCc2cccnc2C(=O)O)ccc1F. The molecule has 1 heterocycles. The Kier molecular flexibility index (Phi) is 5.63. The summed E-state index contributed by atoms with van der Waals surface area (Å²) in [5.41, 5.74) is 1.51. The molecule has 0 aliphatic heterocycles. The first kappa shape index (κ1) is 17.6. The number of hydrogen-bond acceptors (Lipinski definition) is 3. The zero-order chi connectivity index (χ0) is 17.7. The molecule has 6 heteroatoms. The van der Waals surface area contributed by atoms with Gasteiger partial charge in [0.2, 0.25) is 5.91 Å². The van der Waals surface area contributed by atoms with E-state index in [2.05, 4.69) is 10.3 Å². The molecule has 0 unspecified atom stereocenters. The second-order valence-electron chi connectivity index (χ2n) is 5.76. The molecule has 0 spiro atoms. The van der Waals surface area contributed by atoms with E-state index < -0.39 is 5.97 Å². The molecule has 0 fully saturated rings. The number of anilines is 1. The number of hydrogen-bond donors (Lipinski definition) is 2. The highest BCUT2D eigenvalue weighted by molar-refractivity contribution is 5.91. The Bertz CT molecular complexity index is 760. The zero-order valence-electron chi connectivity index (χ0n) is 13.5. The van der Waals surface area contributed by atoms with Crippen LogP contribution in [0.4, 0.5) is 10.1 Å². The van der Waals surface area contributed by atoms with E-state index in [1.54, 1.807) is 18.2 Å². The fraction of sp³-hybridized carbons (Fsp3) is 0.278. The van der Waals surface area contributed by atoms with Crippen molar-refractivity contribution in [1.82, 2.24) is 4.98 Å². The fourth-order valence-electron chi connectivity index (χ4n) is 2.37. The number of pyridine rings is 1. The van der Waals surface area contributed by atoms with Gasteiger partial charge >= 0.3 is 5.97 Å². The minimum atomic E-state index is -1.12. The molecule has 2 rings (SSSR count). The molecule has 24 heavy (non-hydrogen) atoms. The third-order valence-corrected chi connectivity index (χ3v) is 3.62. The first-order chi connectivity index (χ1) is 11.4. The van der Waals surface area contributed by atoms with Crippen LogP contribution in [0.2, 0.25) is 0 Å². The molecule has 1 aromatic carbocycles. The molecule has 0 bridgehead atoms. The van der Waals surface area contributed by atoms with Crippen molar-refractivity contribution in [3.8, 4) is 0 Å². The summed E-state index contributed by atoms with van der Waals surface area (Å²) in [6, 6.07) is 7.72. The van der Waals surface area contributed by atoms with Crippen LogP contribution in [0.3, 0.4) is 0 Å². The number of carboxylic acids is 1. The Morgan fingerprint density at radius 2 is 2.04 bits per heavy atom. The maximum absolute atomic E-state index is 13.7. The molecule has 0 atom stereocenters. The third kappa shape index (κ3) is 4.38. The van der Waals surface area contributed by atoms with Gasteiger partial charge in [-0.25, -0.2) is 14.2 Å². The van der Waals surface area contributed by atoms with Crippen LogP contribution in [0.5, 0.6) is 0 Å². The van der Waals surface area contributed by atoms with Crippen LogP contribution >= 0.6 is 0 Å². The highest BCUT2D eigenvalue weighted by atomic mass is 19.1. The number of nitrogens with one attached hydrogen (secondary N) is 1. The van der Waals surface area contributed by atoms with Gasteiger partial charge in [-0.3, -0.25) is 4.79 Å². The molecule has 2 aromatic rings. The number of aryl methyl sites for hydroxylation is 1. The van der Waals surface area contributed by atoms with Gasteiger partial charge in [0.05, 0.1) is 0 Å². The lowest BCUT2D eigenvalue weighted by Crippen LogP contribution is -2.14. The molecule has 0 aliphatic rings. The first-order valence-corrected chi connectivity index (χ1v) is 7.65. The average molecular weight is 330 g/mol. The summed E-state index contributed by atoms with van der Waals surface area (Å²) in [5, 5.41) is 11.8. The number of carboxylic acid groups (broad SMARTS) is 1. The highest BCUT2D eigenvalue weighted by Crippen LogP contribution is 2.22. The molecule has 1 aromatic heterocycles. The lowest BCUT2D eigenvalue weighted by Gasteiger charge is -2.11. The van der Waals surface area contributed by atoms with E-state index >= 15 is 0 Å². The predicted molar refractivity (Wildman–Crippen MR) is 88.6 cm³/mol. The summed E-state index contributed by atoms with van der Waals surface area (Å²) >= 11 is 0. The molecule has 2 N–H and O–H groups in total. The minimum Gasteiger partial charge on any atom is -0.477 e. The molecule has 126 valence electrons. The van der Waals surface area contributed by atoms with Crippen LogP contribution in [0.25, 0.3) is 0 Å². The van der Waals surface area contributed by atoms with Gasteiger partial charge in [0.1, 0.15) is 5.82 Å². The van der Waals surface area contributed by atoms with Gasteiger partial charge in [-0.1, -0.05) is 19.9 Å². The molecule has 1 amide bonds. The summed E-state index contributed by atoms with van der Waals surface area (Å²) in [4.78, 5) is 27.0. The number of aromatic nitrogens is 1.